The molecule has 24 heavy (non-hydrogen) atoms. The molecule has 1 aliphatic heterocycles. The molecule has 2 unspecified atom stereocenters. The Bertz CT molecular complexity index is 576. The summed E-state index contributed by atoms with van der Waals surface area (Å²) in [6.45, 7) is 5.56. The Kier molecular flexibility index (Phi) is 6.17. The highest BCUT2D eigenvalue weighted by Crippen LogP contribution is 2.20. The van der Waals surface area contributed by atoms with E-state index < -0.39 is 0 Å². The summed E-state index contributed by atoms with van der Waals surface area (Å²) in [4.78, 5) is 27.3. The maximum Gasteiger partial charge on any atom is 0.317 e. The lowest BCUT2D eigenvalue weighted by molar-refractivity contribution is -0.130. The van der Waals surface area contributed by atoms with Crippen LogP contribution in [0, 0.1) is 11.7 Å². The van der Waals surface area contributed by atoms with Gasteiger partial charge in [-0.1, -0.05) is 12.1 Å². The number of amides is 3. The van der Waals surface area contributed by atoms with Crippen molar-refractivity contribution in [2.75, 3.05) is 26.7 Å². The third kappa shape index (κ3) is 4.69. The number of benzene rings is 1. The van der Waals surface area contributed by atoms with E-state index in [-0.39, 0.29) is 23.8 Å². The minimum absolute atomic E-state index is 0.0908. The molecule has 2 atom stereocenters. The van der Waals surface area contributed by atoms with Crippen molar-refractivity contribution < 1.29 is 14.0 Å². The van der Waals surface area contributed by atoms with Crippen LogP contribution < -0.4 is 5.32 Å². The van der Waals surface area contributed by atoms with Gasteiger partial charge in [-0.25, -0.2) is 9.18 Å². The van der Waals surface area contributed by atoms with Gasteiger partial charge in [0.2, 0.25) is 5.91 Å². The van der Waals surface area contributed by atoms with Crippen molar-refractivity contribution in [3.63, 3.8) is 0 Å². The minimum Gasteiger partial charge on any atom is -0.343 e. The molecule has 0 saturated carbocycles. The first-order valence-electron chi connectivity index (χ1n) is 8.40. The highest BCUT2D eigenvalue weighted by molar-refractivity contribution is 5.74. The number of rotatable bonds is 4. The van der Waals surface area contributed by atoms with Crippen LogP contribution in [0.5, 0.6) is 0 Å². The van der Waals surface area contributed by atoms with Crippen molar-refractivity contribution in [2.45, 2.75) is 32.7 Å². The van der Waals surface area contributed by atoms with Gasteiger partial charge >= 0.3 is 6.03 Å². The second-order valence-corrected chi connectivity index (χ2v) is 6.50. The van der Waals surface area contributed by atoms with Crippen LogP contribution in [-0.2, 0) is 4.79 Å². The molecule has 1 saturated heterocycles. The zero-order valence-electron chi connectivity index (χ0n) is 14.6. The highest BCUT2D eigenvalue weighted by atomic mass is 19.1. The topological polar surface area (TPSA) is 52.7 Å². The number of piperidine rings is 1. The standard InChI is InChI=1S/C18H26FN3O2/c1-13(16-6-8-17(19)9-7-16)21(3)18(24)20-11-15-5-4-10-22(12-15)14(2)23/h6-9,13,15H,4-5,10-12H2,1-3H3,(H,20,24). The summed E-state index contributed by atoms with van der Waals surface area (Å²) < 4.78 is 13.0. The largest absolute Gasteiger partial charge is 0.343 e. The number of hydrogen-bond acceptors (Lipinski definition) is 2. The molecule has 1 heterocycles. The Balaban J connectivity index is 1.85. The van der Waals surface area contributed by atoms with E-state index in [4.69, 9.17) is 0 Å². The Hall–Kier alpha value is -2.11. The lowest BCUT2D eigenvalue weighted by Crippen LogP contribution is -2.45. The fourth-order valence-electron chi connectivity index (χ4n) is 3.01. The van der Waals surface area contributed by atoms with Crippen LogP contribution in [0.25, 0.3) is 0 Å². The van der Waals surface area contributed by atoms with Gasteiger partial charge < -0.3 is 15.1 Å². The minimum atomic E-state index is -0.287. The van der Waals surface area contributed by atoms with Gasteiger partial charge in [0.25, 0.3) is 0 Å². The Morgan fingerprint density at radius 3 is 2.67 bits per heavy atom. The number of nitrogens with one attached hydrogen (secondary N) is 1. The SMILES string of the molecule is CC(=O)N1CCCC(CNC(=O)N(C)C(C)c2ccc(F)cc2)C1. The smallest absolute Gasteiger partial charge is 0.317 e. The van der Waals surface area contributed by atoms with Crippen molar-refractivity contribution in [2.24, 2.45) is 5.92 Å². The van der Waals surface area contributed by atoms with Gasteiger partial charge in [-0.15, -0.1) is 0 Å². The van der Waals surface area contributed by atoms with Crippen LogP contribution in [0.15, 0.2) is 24.3 Å². The van der Waals surface area contributed by atoms with Crippen LogP contribution in [0.3, 0.4) is 0 Å². The van der Waals surface area contributed by atoms with E-state index in [0.29, 0.717) is 19.0 Å². The van der Waals surface area contributed by atoms with E-state index in [1.807, 2.05) is 11.8 Å². The van der Waals surface area contributed by atoms with E-state index in [0.717, 1.165) is 24.9 Å². The van der Waals surface area contributed by atoms with Gasteiger partial charge in [0.1, 0.15) is 5.82 Å². The lowest BCUT2D eigenvalue weighted by atomic mass is 9.98. The lowest BCUT2D eigenvalue weighted by Gasteiger charge is -2.33. The van der Waals surface area contributed by atoms with Crippen molar-refractivity contribution in [1.82, 2.24) is 15.1 Å². The van der Waals surface area contributed by atoms with E-state index in [9.17, 15) is 14.0 Å². The van der Waals surface area contributed by atoms with Crippen molar-refractivity contribution in [3.05, 3.63) is 35.6 Å². The van der Waals surface area contributed by atoms with Gasteiger partial charge in [0.15, 0.2) is 0 Å². The summed E-state index contributed by atoms with van der Waals surface area (Å²) in [5.74, 6) is 0.0968. The Labute approximate surface area is 142 Å². The maximum absolute atomic E-state index is 13.0. The van der Waals surface area contributed by atoms with Gasteiger partial charge in [-0.2, -0.15) is 0 Å². The molecule has 0 aromatic heterocycles. The number of likely N-dealkylation sites (tertiary alicyclic amines) is 1. The molecule has 0 radical (unpaired) electrons. The molecule has 1 N–H and O–H groups in total. The van der Waals surface area contributed by atoms with Crippen LogP contribution >= 0.6 is 0 Å². The van der Waals surface area contributed by atoms with Crippen LogP contribution in [-0.4, -0.2) is 48.4 Å². The number of nitrogens with zero attached hydrogens (tertiary/aromatic N) is 2. The molecule has 6 heteroatoms. The molecular weight excluding hydrogens is 309 g/mol. The summed E-state index contributed by atoms with van der Waals surface area (Å²) in [5, 5.41) is 2.95. The number of carbonyl (C=O) groups is 2. The Morgan fingerprint density at radius 2 is 2.04 bits per heavy atom. The summed E-state index contributed by atoms with van der Waals surface area (Å²) in [6.07, 6.45) is 1.99. The third-order valence-corrected chi connectivity index (χ3v) is 4.76. The quantitative estimate of drug-likeness (QED) is 0.920. The Morgan fingerprint density at radius 1 is 1.38 bits per heavy atom. The summed E-state index contributed by atoms with van der Waals surface area (Å²) in [5.41, 5.74) is 0.884. The molecule has 1 fully saturated rings. The van der Waals surface area contributed by atoms with Crippen LogP contribution in [0.1, 0.15) is 38.3 Å². The number of carbonyl (C=O) groups excluding carboxylic acids is 2. The predicted octanol–water partition coefficient (Wildman–Crippen LogP) is 2.79. The second kappa shape index (κ2) is 8.13. The van der Waals surface area contributed by atoms with Crippen LogP contribution in [0.2, 0.25) is 0 Å². The number of halogens is 1. The monoisotopic (exact) mass is 335 g/mol. The molecule has 0 bridgehead atoms. The molecule has 3 amide bonds. The summed E-state index contributed by atoms with van der Waals surface area (Å²) >= 11 is 0. The molecule has 132 valence electrons. The van der Waals surface area contributed by atoms with Crippen molar-refractivity contribution >= 4 is 11.9 Å². The van der Waals surface area contributed by atoms with Gasteiger partial charge in [0.05, 0.1) is 6.04 Å². The molecular formula is C18H26FN3O2. The molecule has 1 aromatic carbocycles. The third-order valence-electron chi connectivity index (χ3n) is 4.76. The molecule has 5 nitrogen and oxygen atoms in total. The van der Waals surface area contributed by atoms with E-state index in [1.54, 1.807) is 31.0 Å². The zero-order chi connectivity index (χ0) is 17.7. The summed E-state index contributed by atoms with van der Waals surface area (Å²) in [7, 11) is 1.73. The number of urea groups is 1. The summed E-state index contributed by atoms with van der Waals surface area (Å²) in [6, 6.07) is 5.87. The van der Waals surface area contributed by atoms with Crippen molar-refractivity contribution in [1.29, 1.82) is 0 Å². The average Bonchev–Trinajstić information content (AvgIpc) is 2.59. The first-order valence-corrected chi connectivity index (χ1v) is 8.40. The van der Waals surface area contributed by atoms with Crippen molar-refractivity contribution in [3.8, 4) is 0 Å². The second-order valence-electron chi connectivity index (χ2n) is 6.50. The normalized spacial score (nSPS) is 18.8. The predicted molar refractivity (Wildman–Crippen MR) is 91.0 cm³/mol. The number of hydrogen-bond donors (Lipinski definition) is 1. The van der Waals surface area contributed by atoms with Gasteiger partial charge in [0, 0.05) is 33.6 Å². The zero-order valence-corrected chi connectivity index (χ0v) is 14.6. The van der Waals surface area contributed by atoms with Gasteiger partial charge in [-0.05, 0) is 43.4 Å². The molecule has 2 rings (SSSR count). The van der Waals surface area contributed by atoms with E-state index >= 15 is 0 Å². The fraction of sp³-hybridized carbons (Fsp3) is 0.556. The van der Waals surface area contributed by atoms with Gasteiger partial charge in [-0.3, -0.25) is 4.79 Å². The first-order chi connectivity index (χ1) is 11.4. The molecule has 0 spiro atoms. The first kappa shape index (κ1) is 18.2. The maximum atomic E-state index is 13.0. The van der Waals surface area contributed by atoms with E-state index in [2.05, 4.69) is 5.32 Å². The van der Waals surface area contributed by atoms with E-state index in [1.165, 1.54) is 12.1 Å². The fourth-order valence-corrected chi connectivity index (χ4v) is 3.01. The molecule has 1 aliphatic rings. The molecule has 1 aromatic rings. The highest BCUT2D eigenvalue weighted by Gasteiger charge is 2.23. The van der Waals surface area contributed by atoms with Crippen LogP contribution in [0.4, 0.5) is 9.18 Å². The molecule has 0 aliphatic carbocycles. The average molecular weight is 335 g/mol.